The Kier molecular flexibility index (Phi) is 6.63. The number of phenolic OH excluding ortho intramolecular Hbond substituents is 1. The molecule has 0 bridgehead atoms. The molecule has 1 amide bonds. The molecule has 0 spiro atoms. The van der Waals surface area contributed by atoms with Gasteiger partial charge in [0.15, 0.2) is 11.5 Å². The number of benzene rings is 2. The van der Waals surface area contributed by atoms with Gasteiger partial charge in [-0.05, 0) is 49.1 Å². The molecule has 1 fully saturated rings. The SMILES string of the molecule is CCCCOc1ccc([C@H]2c3c(-c4ccccc4O)n[nH]c3C(=O)N2C[C@@H]2CCCO2)cc1OC. The van der Waals surface area contributed by atoms with E-state index in [1.807, 2.05) is 29.2 Å². The van der Waals surface area contributed by atoms with Crippen LogP contribution in [0.4, 0.5) is 0 Å². The summed E-state index contributed by atoms with van der Waals surface area (Å²) in [5, 5.41) is 17.9. The molecule has 2 aromatic carbocycles. The topological polar surface area (TPSA) is 96.9 Å². The Balaban J connectivity index is 1.58. The van der Waals surface area contributed by atoms with Crippen LogP contribution in [0.15, 0.2) is 42.5 Å². The number of fused-ring (bicyclic) bond motifs is 1. The predicted molar refractivity (Wildman–Crippen MR) is 131 cm³/mol. The van der Waals surface area contributed by atoms with Gasteiger partial charge < -0.3 is 24.2 Å². The summed E-state index contributed by atoms with van der Waals surface area (Å²) < 4.78 is 17.5. The lowest BCUT2D eigenvalue weighted by Crippen LogP contribution is -2.36. The van der Waals surface area contributed by atoms with Crippen molar-refractivity contribution in [2.75, 3.05) is 26.9 Å². The van der Waals surface area contributed by atoms with Crippen LogP contribution in [0.3, 0.4) is 0 Å². The van der Waals surface area contributed by atoms with Crippen molar-refractivity contribution >= 4 is 5.91 Å². The number of carbonyl (C=O) groups is 1. The lowest BCUT2D eigenvalue weighted by molar-refractivity contribution is 0.0495. The van der Waals surface area contributed by atoms with Crippen molar-refractivity contribution in [3.05, 3.63) is 59.3 Å². The molecule has 3 heterocycles. The predicted octanol–water partition coefficient (Wildman–Crippen LogP) is 4.69. The number of nitrogens with zero attached hydrogens (tertiary/aromatic N) is 2. The van der Waals surface area contributed by atoms with E-state index in [4.69, 9.17) is 14.2 Å². The molecule has 0 aliphatic carbocycles. The second-order valence-electron chi connectivity index (χ2n) is 8.99. The van der Waals surface area contributed by atoms with Crippen LogP contribution in [0.5, 0.6) is 17.2 Å². The van der Waals surface area contributed by atoms with Gasteiger partial charge in [-0.2, -0.15) is 5.10 Å². The third kappa shape index (κ3) is 4.34. The number of amides is 1. The molecule has 2 aliphatic rings. The van der Waals surface area contributed by atoms with Gasteiger partial charge in [-0.1, -0.05) is 31.5 Å². The molecule has 5 rings (SSSR count). The third-order valence-corrected chi connectivity index (χ3v) is 6.71. The van der Waals surface area contributed by atoms with E-state index in [1.54, 1.807) is 25.3 Å². The fourth-order valence-electron chi connectivity index (χ4n) is 4.92. The van der Waals surface area contributed by atoms with Crippen LogP contribution in [0.2, 0.25) is 0 Å². The van der Waals surface area contributed by atoms with Gasteiger partial charge in [0.25, 0.3) is 5.91 Å². The average Bonchev–Trinajstić information content (AvgIpc) is 3.59. The maximum absolute atomic E-state index is 13.6. The zero-order valence-electron chi connectivity index (χ0n) is 20.1. The number of carbonyl (C=O) groups excluding carboxylic acids is 1. The minimum atomic E-state index is -0.409. The highest BCUT2D eigenvalue weighted by atomic mass is 16.5. The van der Waals surface area contributed by atoms with Crippen molar-refractivity contribution in [3.63, 3.8) is 0 Å². The molecule has 2 atom stereocenters. The number of hydrogen-bond donors (Lipinski definition) is 2. The van der Waals surface area contributed by atoms with E-state index in [2.05, 4.69) is 17.1 Å². The van der Waals surface area contributed by atoms with Gasteiger partial charge >= 0.3 is 0 Å². The van der Waals surface area contributed by atoms with Gasteiger partial charge in [-0.15, -0.1) is 0 Å². The van der Waals surface area contributed by atoms with Crippen LogP contribution in [0.25, 0.3) is 11.3 Å². The Morgan fingerprint density at radius 2 is 2.09 bits per heavy atom. The zero-order valence-corrected chi connectivity index (χ0v) is 20.1. The summed E-state index contributed by atoms with van der Waals surface area (Å²) in [5.74, 6) is 1.27. The van der Waals surface area contributed by atoms with Crippen LogP contribution in [0, 0.1) is 0 Å². The molecule has 1 saturated heterocycles. The average molecular weight is 478 g/mol. The van der Waals surface area contributed by atoms with Crippen molar-refractivity contribution in [2.45, 2.75) is 44.8 Å². The van der Waals surface area contributed by atoms with E-state index in [0.717, 1.165) is 36.8 Å². The number of phenols is 1. The summed E-state index contributed by atoms with van der Waals surface area (Å²) in [5.41, 5.74) is 3.21. The number of hydrogen-bond acceptors (Lipinski definition) is 6. The zero-order chi connectivity index (χ0) is 24.4. The summed E-state index contributed by atoms with van der Waals surface area (Å²) in [4.78, 5) is 15.4. The maximum atomic E-state index is 13.6. The van der Waals surface area contributed by atoms with Crippen LogP contribution in [0.1, 0.15) is 60.3 Å². The second-order valence-corrected chi connectivity index (χ2v) is 8.99. The quantitative estimate of drug-likeness (QED) is 0.434. The van der Waals surface area contributed by atoms with Gasteiger partial charge in [0.05, 0.1) is 25.9 Å². The largest absolute Gasteiger partial charge is 0.507 e. The first-order valence-electron chi connectivity index (χ1n) is 12.2. The van der Waals surface area contributed by atoms with Crippen LogP contribution >= 0.6 is 0 Å². The first-order valence-corrected chi connectivity index (χ1v) is 12.2. The third-order valence-electron chi connectivity index (χ3n) is 6.71. The highest BCUT2D eigenvalue weighted by Crippen LogP contribution is 2.46. The Morgan fingerprint density at radius 3 is 2.83 bits per heavy atom. The fourth-order valence-corrected chi connectivity index (χ4v) is 4.92. The van der Waals surface area contributed by atoms with Gasteiger partial charge in [0, 0.05) is 24.3 Å². The highest BCUT2D eigenvalue weighted by Gasteiger charge is 2.44. The highest BCUT2D eigenvalue weighted by molar-refractivity contribution is 6.00. The van der Waals surface area contributed by atoms with E-state index in [1.165, 1.54) is 0 Å². The van der Waals surface area contributed by atoms with E-state index < -0.39 is 6.04 Å². The number of nitrogens with one attached hydrogen (secondary N) is 1. The van der Waals surface area contributed by atoms with E-state index in [0.29, 0.717) is 48.2 Å². The number of aromatic hydroxyl groups is 1. The molecular weight excluding hydrogens is 446 g/mol. The minimum absolute atomic E-state index is 0.00876. The molecule has 0 unspecified atom stereocenters. The summed E-state index contributed by atoms with van der Waals surface area (Å²) in [7, 11) is 1.62. The number of rotatable bonds is 9. The molecule has 8 heteroatoms. The summed E-state index contributed by atoms with van der Waals surface area (Å²) in [6, 6.07) is 12.4. The second kappa shape index (κ2) is 10.00. The minimum Gasteiger partial charge on any atom is -0.507 e. The Hall–Kier alpha value is -3.52. The number of para-hydroxylation sites is 1. The fraction of sp³-hybridized carbons (Fsp3) is 0.407. The van der Waals surface area contributed by atoms with Crippen molar-refractivity contribution < 1.29 is 24.1 Å². The molecule has 0 saturated carbocycles. The lowest BCUT2D eigenvalue weighted by atomic mass is 9.95. The van der Waals surface area contributed by atoms with Gasteiger partial charge in [0.2, 0.25) is 0 Å². The number of unbranched alkanes of at least 4 members (excludes halogenated alkanes) is 1. The van der Waals surface area contributed by atoms with Crippen LogP contribution < -0.4 is 9.47 Å². The summed E-state index contributed by atoms with van der Waals surface area (Å²) in [6.07, 6.45) is 3.90. The number of H-pyrrole nitrogens is 1. The molecule has 2 N–H and O–H groups in total. The van der Waals surface area contributed by atoms with E-state index in [9.17, 15) is 9.90 Å². The van der Waals surface area contributed by atoms with Crippen LogP contribution in [-0.4, -0.2) is 59.1 Å². The Bertz CT molecular complexity index is 1200. The van der Waals surface area contributed by atoms with Crippen molar-refractivity contribution in [3.8, 4) is 28.5 Å². The van der Waals surface area contributed by atoms with Crippen molar-refractivity contribution in [1.29, 1.82) is 0 Å². The Labute approximate surface area is 204 Å². The van der Waals surface area contributed by atoms with Gasteiger partial charge in [0.1, 0.15) is 17.1 Å². The molecule has 8 nitrogen and oxygen atoms in total. The van der Waals surface area contributed by atoms with Gasteiger partial charge in [-0.3, -0.25) is 9.89 Å². The Morgan fingerprint density at radius 1 is 1.23 bits per heavy atom. The molecule has 0 radical (unpaired) electrons. The molecule has 35 heavy (non-hydrogen) atoms. The molecule has 2 aliphatic heterocycles. The van der Waals surface area contributed by atoms with Crippen molar-refractivity contribution in [2.24, 2.45) is 0 Å². The normalized spacial score (nSPS) is 19.3. The maximum Gasteiger partial charge on any atom is 0.273 e. The van der Waals surface area contributed by atoms with Crippen molar-refractivity contribution in [1.82, 2.24) is 15.1 Å². The number of aromatic amines is 1. The smallest absolute Gasteiger partial charge is 0.273 e. The number of ether oxygens (including phenoxy) is 3. The molecule has 184 valence electrons. The summed E-state index contributed by atoms with van der Waals surface area (Å²) in [6.45, 7) is 3.92. The standard InChI is InChI=1S/C27H31N3O5/c1-3-4-13-35-21-12-11-17(15-22(21)33-2)26-23-24(19-9-5-6-10-20(19)31)28-29-25(23)27(32)30(26)16-18-8-7-14-34-18/h5-6,9-12,15,18,26,31H,3-4,7-8,13-14,16H2,1-2H3,(H,28,29)/t18-,26-/m0/s1. The van der Waals surface area contributed by atoms with E-state index >= 15 is 0 Å². The number of methoxy groups -OCH3 is 1. The first-order chi connectivity index (χ1) is 17.1. The molecule has 1 aromatic heterocycles. The van der Waals surface area contributed by atoms with Crippen LogP contribution in [-0.2, 0) is 4.74 Å². The number of aromatic nitrogens is 2. The van der Waals surface area contributed by atoms with Gasteiger partial charge in [-0.25, -0.2) is 0 Å². The first kappa shape index (κ1) is 23.2. The van der Waals surface area contributed by atoms with E-state index in [-0.39, 0.29) is 17.8 Å². The summed E-state index contributed by atoms with van der Waals surface area (Å²) >= 11 is 0. The lowest BCUT2D eigenvalue weighted by Gasteiger charge is -2.29. The monoisotopic (exact) mass is 477 g/mol. The molecular formula is C27H31N3O5. The molecule has 3 aromatic rings.